The summed E-state index contributed by atoms with van der Waals surface area (Å²) in [6.07, 6.45) is -2.40. The molecule has 2 fully saturated rings. The van der Waals surface area contributed by atoms with Gasteiger partial charge >= 0.3 is 11.9 Å². The van der Waals surface area contributed by atoms with Crippen molar-refractivity contribution in [2.24, 2.45) is 38.7 Å². The van der Waals surface area contributed by atoms with Crippen LogP contribution in [-0.2, 0) is 94.2 Å². The molecular formula is C66H100N20O19. The van der Waals surface area contributed by atoms with Gasteiger partial charge in [0, 0.05) is 58.4 Å². The Morgan fingerprint density at radius 1 is 0.448 bits per heavy atom. The normalized spacial score (nSPS) is 20.5. The first-order valence-corrected chi connectivity index (χ1v) is 34.5. The number of unbranched alkanes of at least 4 members (excludes halogenated alkanes) is 2. The van der Waals surface area contributed by atoms with Gasteiger partial charge in [0.15, 0.2) is 11.9 Å². The second kappa shape index (κ2) is 48.0. The lowest BCUT2D eigenvalue weighted by Gasteiger charge is -2.26. The average molecular weight is 1480 g/mol. The van der Waals surface area contributed by atoms with E-state index < -0.39 is 169 Å². The van der Waals surface area contributed by atoms with Crippen LogP contribution < -0.4 is 97.8 Å². The van der Waals surface area contributed by atoms with Crippen molar-refractivity contribution in [1.29, 1.82) is 0 Å². The average Bonchev–Trinajstić information content (AvgIpc) is 1.84. The van der Waals surface area contributed by atoms with Gasteiger partial charge in [0.1, 0.15) is 54.4 Å². The molecule has 578 valence electrons. The van der Waals surface area contributed by atoms with Crippen molar-refractivity contribution in [3.8, 4) is 0 Å². The Bertz CT molecular complexity index is 3310. The van der Waals surface area contributed by atoms with Crippen molar-refractivity contribution in [2.75, 3.05) is 72.2 Å². The van der Waals surface area contributed by atoms with E-state index in [9.17, 15) is 82.1 Å². The first-order chi connectivity index (χ1) is 50.2. The predicted octanol–water partition coefficient (Wildman–Crippen LogP) is -7.11. The van der Waals surface area contributed by atoms with Crippen molar-refractivity contribution in [2.45, 2.75) is 164 Å². The number of aliphatic carboxylic acids is 2. The Kier molecular flexibility index (Phi) is 39.4. The van der Waals surface area contributed by atoms with E-state index >= 15 is 0 Å². The van der Waals surface area contributed by atoms with Crippen molar-refractivity contribution in [3.63, 3.8) is 0 Å². The molecule has 2 saturated heterocycles. The number of guanidine groups is 2. The van der Waals surface area contributed by atoms with Crippen molar-refractivity contribution in [3.05, 3.63) is 71.8 Å². The summed E-state index contributed by atoms with van der Waals surface area (Å²) in [6, 6.07) is 3.71. The van der Waals surface area contributed by atoms with E-state index in [0.717, 1.165) is 0 Å². The maximum Gasteiger partial charge on any atom is 0.305 e. The second-order valence-electron chi connectivity index (χ2n) is 24.6. The number of aliphatic imine (C=N–C) groups is 2. The van der Waals surface area contributed by atoms with Crippen LogP contribution in [0.5, 0.6) is 0 Å². The number of ether oxygens (including phenoxy) is 2. The minimum atomic E-state index is -1.71. The van der Waals surface area contributed by atoms with Gasteiger partial charge in [-0.05, 0) is 81.8 Å². The fourth-order valence-corrected chi connectivity index (χ4v) is 10.7. The third-order valence-corrected chi connectivity index (χ3v) is 16.0. The first-order valence-electron chi connectivity index (χ1n) is 34.5. The molecule has 9 atom stereocenters. The van der Waals surface area contributed by atoms with Gasteiger partial charge in [-0.2, -0.15) is 0 Å². The minimum Gasteiger partial charge on any atom is -0.481 e. The Morgan fingerprint density at radius 3 is 1.25 bits per heavy atom. The third-order valence-electron chi connectivity index (χ3n) is 16.0. The van der Waals surface area contributed by atoms with Crippen molar-refractivity contribution < 1.29 is 91.6 Å². The van der Waals surface area contributed by atoms with E-state index in [1.807, 2.05) is 0 Å². The van der Waals surface area contributed by atoms with Crippen LogP contribution >= 0.6 is 0 Å². The summed E-state index contributed by atoms with van der Waals surface area (Å²) in [6.45, 7) is -0.638. The number of carboxylic acid groups (broad SMARTS) is 2. The lowest BCUT2D eigenvalue weighted by atomic mass is 10.0. The topological polar surface area (TPSA) is 626 Å². The molecule has 4 rings (SSSR count). The molecule has 2 aromatic carbocycles. The molecule has 39 heteroatoms. The van der Waals surface area contributed by atoms with Gasteiger partial charge in [0.25, 0.3) is 0 Å². The number of nitrogens with one attached hydrogen (secondary N) is 13. The molecule has 2 aliphatic rings. The number of benzene rings is 2. The van der Waals surface area contributed by atoms with Crippen LogP contribution in [0, 0.1) is 0 Å². The van der Waals surface area contributed by atoms with E-state index in [4.69, 9.17) is 38.1 Å². The zero-order valence-corrected chi connectivity index (χ0v) is 58.4. The van der Waals surface area contributed by atoms with Gasteiger partial charge in [-0.3, -0.25) is 81.9 Å². The Hall–Kier alpha value is -11.1. The van der Waals surface area contributed by atoms with Gasteiger partial charge in [-0.15, -0.1) is 0 Å². The summed E-state index contributed by atoms with van der Waals surface area (Å²) in [4.78, 5) is 210. The van der Waals surface area contributed by atoms with Crippen LogP contribution in [0.1, 0.15) is 107 Å². The van der Waals surface area contributed by atoms with Crippen molar-refractivity contribution >= 4 is 101 Å². The Balaban J connectivity index is 1.51. The van der Waals surface area contributed by atoms with Crippen LogP contribution in [0.15, 0.2) is 70.6 Å². The Labute approximate surface area is 605 Å². The summed E-state index contributed by atoms with van der Waals surface area (Å²) >= 11 is 0. The number of carbonyl (C=O) groups is 15. The number of hydrogen-bond acceptors (Lipinski definition) is 20. The van der Waals surface area contributed by atoms with Crippen LogP contribution in [-0.4, -0.2) is 237 Å². The summed E-state index contributed by atoms with van der Waals surface area (Å²) in [5, 5.41) is 52.4. The van der Waals surface area contributed by atoms with E-state index in [2.05, 4.69) is 79.1 Å². The van der Waals surface area contributed by atoms with Gasteiger partial charge < -0.3 is 117 Å². The van der Waals surface area contributed by atoms with E-state index in [1.165, 1.54) is 0 Å². The molecule has 2 heterocycles. The highest BCUT2D eigenvalue weighted by molar-refractivity contribution is 6.00. The molecule has 0 unspecified atom stereocenters. The highest BCUT2D eigenvalue weighted by Crippen LogP contribution is 2.13. The molecule has 0 aromatic heterocycles. The lowest BCUT2D eigenvalue weighted by molar-refractivity contribution is -0.141. The standard InChI is InChI=1S/C66H100N20O19/c67-24-30-105-32-31-104-29-23-51(88)78-45(56(95)73-26-10-8-18-44-60(99)82-42(20-12-28-75-66(70)71)58(97)77-38-53(90)80-49(36-55(93)94)64(103)86-47(62(101)84-44)34-40-15-5-2-6-16-40)21-22-50(87)72-25-9-7-17-43-59(98)81-41(19-11-27-74-65(68)69)57(96)76-37-52(89)79-48(35-54(91)92)63(102)85-46(61(100)83-43)33-39-13-3-1-4-14-39/h1-6,13-16,41-49H,7-12,17-38,67H2,(H,72,87)(H,73,95)(H,76,96)(H,77,97)(H,78,88)(H,79,89)(H,80,90)(H,81,98)(H,82,99)(H,83,100)(H,84,101)(H,85,102)(H,86,103)(H,91,92)(H,93,94)(H4,68,69,74)(H4,70,71,75)/t41-,42-,43-,44-,45-,46+,47+,48-,49-/m0/s1. The highest BCUT2D eigenvalue weighted by Gasteiger charge is 2.36. The molecule has 2 aliphatic heterocycles. The molecule has 0 radical (unpaired) electrons. The number of amides is 13. The molecule has 13 amide bonds. The summed E-state index contributed by atoms with van der Waals surface area (Å²) in [5.74, 6) is -14.5. The van der Waals surface area contributed by atoms with Crippen LogP contribution in [0.4, 0.5) is 0 Å². The number of nitrogens with zero attached hydrogens (tertiary/aromatic N) is 2. The SMILES string of the molecule is NCCOCCOCCC(=O)N[C@@H](CCC(=O)NCCCC[C@@H]1NC(=O)[C@@H](Cc2ccccc2)NC(=O)[C@H](CC(=O)O)NC(=O)CNC(=O)[C@H](CCCN=C(N)N)NC1=O)C(=O)NCCCC[C@@H]1NC(=O)[C@@H](Cc2ccccc2)NC(=O)[C@H](CC(=O)O)NC(=O)CNC(=O)[C@H](CCCN=C(N)N)NC1=O. The molecule has 2 aromatic rings. The van der Waals surface area contributed by atoms with Gasteiger partial charge in [-0.1, -0.05) is 60.7 Å². The molecular weight excluding hydrogens is 1380 g/mol. The molecule has 0 saturated carbocycles. The van der Waals surface area contributed by atoms with Crippen LogP contribution in [0.25, 0.3) is 0 Å². The third kappa shape index (κ3) is 35.6. The number of hydrogen-bond donors (Lipinski definition) is 20. The zero-order valence-electron chi connectivity index (χ0n) is 58.4. The number of carboxylic acids is 2. The van der Waals surface area contributed by atoms with E-state index in [1.54, 1.807) is 60.7 Å². The fraction of sp³-hybridized carbons (Fsp3) is 0.561. The van der Waals surface area contributed by atoms with E-state index in [-0.39, 0.29) is 161 Å². The summed E-state index contributed by atoms with van der Waals surface area (Å²) in [7, 11) is 0. The summed E-state index contributed by atoms with van der Waals surface area (Å²) < 4.78 is 10.8. The van der Waals surface area contributed by atoms with Crippen molar-refractivity contribution in [1.82, 2.24) is 69.1 Å². The zero-order chi connectivity index (χ0) is 77.1. The maximum absolute atomic E-state index is 14.3. The molecule has 39 nitrogen and oxygen atoms in total. The van der Waals surface area contributed by atoms with Gasteiger partial charge in [0.2, 0.25) is 76.8 Å². The smallest absolute Gasteiger partial charge is 0.305 e. The molecule has 0 spiro atoms. The first kappa shape index (κ1) is 86.3. The van der Waals surface area contributed by atoms with Crippen LogP contribution in [0.3, 0.4) is 0 Å². The maximum atomic E-state index is 14.3. The lowest BCUT2D eigenvalue weighted by Crippen LogP contribution is -2.58. The van der Waals surface area contributed by atoms with E-state index in [0.29, 0.717) is 17.7 Å². The monoisotopic (exact) mass is 1480 g/mol. The fourth-order valence-electron chi connectivity index (χ4n) is 10.7. The predicted molar refractivity (Wildman–Crippen MR) is 376 cm³/mol. The van der Waals surface area contributed by atoms with Gasteiger partial charge in [-0.25, -0.2) is 0 Å². The highest BCUT2D eigenvalue weighted by atomic mass is 16.5. The quantitative estimate of drug-likeness (QED) is 0.0168. The number of rotatable bonds is 39. The number of nitrogens with two attached hydrogens (primary N) is 5. The summed E-state index contributed by atoms with van der Waals surface area (Å²) in [5.41, 5.74) is 28.5. The second-order valence-corrected chi connectivity index (χ2v) is 24.6. The molecule has 25 N–H and O–H groups in total. The Morgan fingerprint density at radius 2 is 0.829 bits per heavy atom. The molecule has 105 heavy (non-hydrogen) atoms. The van der Waals surface area contributed by atoms with Crippen LogP contribution in [0.2, 0.25) is 0 Å². The molecule has 0 bridgehead atoms. The largest absolute Gasteiger partial charge is 0.481 e. The minimum absolute atomic E-state index is 0.00794. The van der Waals surface area contributed by atoms with Gasteiger partial charge in [0.05, 0.1) is 52.4 Å². The molecule has 0 aliphatic carbocycles. The number of carbonyl (C=O) groups excluding carboxylic acids is 13.